The van der Waals surface area contributed by atoms with E-state index in [2.05, 4.69) is 4.74 Å². The lowest BCUT2D eigenvalue weighted by Crippen LogP contribution is -1.95. The van der Waals surface area contributed by atoms with Crippen LogP contribution in [0.1, 0.15) is 6.92 Å². The minimum absolute atomic E-state index is 0.347. The van der Waals surface area contributed by atoms with Gasteiger partial charge in [-0.1, -0.05) is 6.08 Å². The highest BCUT2D eigenvalue weighted by Crippen LogP contribution is 1.79. The van der Waals surface area contributed by atoms with E-state index < -0.39 is 0 Å². The number of carbonyl (C=O) groups excluding carboxylic acids is 1. The number of methoxy groups -OCH3 is 1. The van der Waals surface area contributed by atoms with E-state index in [9.17, 15) is 4.79 Å². The number of hydrogen-bond donors (Lipinski definition) is 0. The maximum Gasteiger partial charge on any atom is 0.330 e. The Balaban J connectivity index is 3.27. The second kappa shape index (κ2) is 6.29. The first-order valence-electron chi connectivity index (χ1n) is 3.13. The Labute approximate surface area is 60.6 Å². The summed E-state index contributed by atoms with van der Waals surface area (Å²) < 4.78 is 9.28. The molecule has 10 heavy (non-hydrogen) atoms. The molecule has 0 spiro atoms. The smallest absolute Gasteiger partial charge is 0.330 e. The fourth-order valence-electron chi connectivity index (χ4n) is 0.398. The van der Waals surface area contributed by atoms with Crippen molar-refractivity contribution >= 4 is 5.97 Å². The van der Waals surface area contributed by atoms with Gasteiger partial charge >= 0.3 is 5.97 Å². The van der Waals surface area contributed by atoms with Gasteiger partial charge in [0.2, 0.25) is 0 Å². The molecule has 0 unspecified atom stereocenters. The third-order valence-electron chi connectivity index (χ3n) is 0.873. The van der Waals surface area contributed by atoms with Gasteiger partial charge in [0.1, 0.15) is 0 Å². The summed E-state index contributed by atoms with van der Waals surface area (Å²) >= 11 is 0. The Bertz CT molecular complexity index is 118. The van der Waals surface area contributed by atoms with Crippen molar-refractivity contribution in [3.63, 3.8) is 0 Å². The van der Waals surface area contributed by atoms with Gasteiger partial charge in [-0.15, -0.1) is 0 Å². The van der Waals surface area contributed by atoms with Crippen molar-refractivity contribution in [1.29, 1.82) is 0 Å². The topological polar surface area (TPSA) is 35.5 Å². The van der Waals surface area contributed by atoms with E-state index >= 15 is 0 Å². The molecule has 3 heteroatoms. The van der Waals surface area contributed by atoms with Crippen molar-refractivity contribution in [2.24, 2.45) is 0 Å². The molecule has 0 aromatic rings. The summed E-state index contributed by atoms with van der Waals surface area (Å²) in [5.41, 5.74) is 0. The maximum absolute atomic E-state index is 10.4. The van der Waals surface area contributed by atoms with Gasteiger partial charge in [0.15, 0.2) is 0 Å². The van der Waals surface area contributed by atoms with Gasteiger partial charge in [-0.25, -0.2) is 4.79 Å². The molecule has 0 aromatic carbocycles. The molecular weight excluding hydrogens is 132 g/mol. The van der Waals surface area contributed by atoms with Crippen LogP contribution in [0.15, 0.2) is 12.2 Å². The quantitative estimate of drug-likeness (QED) is 0.332. The number of hydrogen-bond acceptors (Lipinski definition) is 3. The number of carbonyl (C=O) groups is 1. The summed E-state index contributed by atoms with van der Waals surface area (Å²) in [6.07, 6.45) is 2.96. The maximum atomic E-state index is 10.4. The molecule has 0 aliphatic rings. The molecule has 0 aliphatic carbocycles. The van der Waals surface area contributed by atoms with Crippen LogP contribution in [0.5, 0.6) is 0 Å². The normalized spacial score (nSPS) is 10.2. The second-order valence-electron chi connectivity index (χ2n) is 1.58. The van der Waals surface area contributed by atoms with Crippen molar-refractivity contribution in [3.8, 4) is 0 Å². The molecule has 0 atom stereocenters. The first-order chi connectivity index (χ1) is 4.81. The Morgan fingerprint density at radius 3 is 2.80 bits per heavy atom. The lowest BCUT2D eigenvalue weighted by Gasteiger charge is -1.92. The van der Waals surface area contributed by atoms with Crippen LogP contribution < -0.4 is 0 Å². The Kier molecular flexibility index (Phi) is 5.77. The SMILES string of the molecule is CCOC/C=C/C(=O)OC. The van der Waals surface area contributed by atoms with Crippen LogP contribution in [0.3, 0.4) is 0 Å². The highest BCUT2D eigenvalue weighted by atomic mass is 16.5. The average Bonchev–Trinajstić information content (AvgIpc) is 1.98. The van der Waals surface area contributed by atoms with Crippen LogP contribution >= 0.6 is 0 Å². The van der Waals surface area contributed by atoms with Crippen molar-refractivity contribution in [3.05, 3.63) is 12.2 Å². The molecule has 0 fully saturated rings. The minimum Gasteiger partial charge on any atom is -0.466 e. The van der Waals surface area contributed by atoms with E-state index in [0.29, 0.717) is 13.2 Å². The molecule has 0 N–H and O–H groups in total. The lowest BCUT2D eigenvalue weighted by molar-refractivity contribution is -0.134. The molecular formula is C7H12O3. The van der Waals surface area contributed by atoms with E-state index in [-0.39, 0.29) is 5.97 Å². The summed E-state index contributed by atoms with van der Waals surface area (Å²) in [5, 5.41) is 0. The second-order valence-corrected chi connectivity index (χ2v) is 1.58. The van der Waals surface area contributed by atoms with Gasteiger partial charge in [0.05, 0.1) is 13.7 Å². The number of rotatable bonds is 4. The summed E-state index contributed by atoms with van der Waals surface area (Å²) in [4.78, 5) is 10.4. The molecule has 0 radical (unpaired) electrons. The van der Waals surface area contributed by atoms with Crippen LogP contribution in [-0.2, 0) is 14.3 Å². The largest absolute Gasteiger partial charge is 0.466 e. The van der Waals surface area contributed by atoms with Crippen LogP contribution in [0, 0.1) is 0 Å². The predicted molar refractivity (Wildman–Crippen MR) is 37.6 cm³/mol. The van der Waals surface area contributed by atoms with Crippen molar-refractivity contribution in [2.75, 3.05) is 20.3 Å². The molecule has 3 nitrogen and oxygen atoms in total. The minimum atomic E-state index is -0.347. The third kappa shape index (κ3) is 5.31. The zero-order valence-electron chi connectivity index (χ0n) is 6.29. The van der Waals surface area contributed by atoms with E-state index in [4.69, 9.17) is 4.74 Å². The Morgan fingerprint density at radius 1 is 1.60 bits per heavy atom. The summed E-state index contributed by atoms with van der Waals surface area (Å²) in [7, 11) is 1.34. The van der Waals surface area contributed by atoms with E-state index in [1.165, 1.54) is 13.2 Å². The highest BCUT2D eigenvalue weighted by molar-refractivity contribution is 5.81. The summed E-state index contributed by atoms with van der Waals surface area (Å²) in [6, 6.07) is 0. The predicted octanol–water partition coefficient (Wildman–Crippen LogP) is 0.752. The Hall–Kier alpha value is -0.830. The van der Waals surface area contributed by atoms with Crippen molar-refractivity contribution < 1.29 is 14.3 Å². The first-order valence-corrected chi connectivity index (χ1v) is 3.13. The van der Waals surface area contributed by atoms with E-state index in [0.717, 1.165) is 0 Å². The molecule has 0 amide bonds. The van der Waals surface area contributed by atoms with Gasteiger partial charge in [-0.2, -0.15) is 0 Å². The van der Waals surface area contributed by atoms with E-state index in [1.54, 1.807) is 6.08 Å². The summed E-state index contributed by atoms with van der Waals surface area (Å²) in [5.74, 6) is -0.347. The number of ether oxygens (including phenoxy) is 2. The van der Waals surface area contributed by atoms with E-state index in [1.807, 2.05) is 6.92 Å². The van der Waals surface area contributed by atoms with Crippen LogP contribution in [-0.4, -0.2) is 26.3 Å². The zero-order valence-corrected chi connectivity index (χ0v) is 6.29. The molecule has 0 rings (SSSR count). The lowest BCUT2D eigenvalue weighted by atomic mass is 10.5. The average molecular weight is 144 g/mol. The van der Waals surface area contributed by atoms with Crippen molar-refractivity contribution in [2.45, 2.75) is 6.92 Å². The third-order valence-corrected chi connectivity index (χ3v) is 0.873. The molecule has 0 aromatic heterocycles. The first kappa shape index (κ1) is 9.17. The zero-order chi connectivity index (χ0) is 7.82. The van der Waals surface area contributed by atoms with Crippen LogP contribution in [0.25, 0.3) is 0 Å². The molecule has 58 valence electrons. The molecule has 0 aliphatic heterocycles. The fourth-order valence-corrected chi connectivity index (χ4v) is 0.398. The molecule has 0 heterocycles. The molecule has 0 bridgehead atoms. The van der Waals surface area contributed by atoms with Gasteiger partial charge in [0.25, 0.3) is 0 Å². The van der Waals surface area contributed by atoms with Gasteiger partial charge in [-0.3, -0.25) is 0 Å². The monoisotopic (exact) mass is 144 g/mol. The van der Waals surface area contributed by atoms with Gasteiger partial charge in [-0.05, 0) is 6.92 Å². The van der Waals surface area contributed by atoms with Gasteiger partial charge < -0.3 is 9.47 Å². The summed E-state index contributed by atoms with van der Waals surface area (Å²) in [6.45, 7) is 3.02. The molecule has 0 saturated carbocycles. The molecule has 0 saturated heterocycles. The Morgan fingerprint density at radius 2 is 2.30 bits per heavy atom. The van der Waals surface area contributed by atoms with Crippen molar-refractivity contribution in [1.82, 2.24) is 0 Å². The fraction of sp³-hybridized carbons (Fsp3) is 0.571. The highest BCUT2D eigenvalue weighted by Gasteiger charge is 1.87. The van der Waals surface area contributed by atoms with Crippen LogP contribution in [0.2, 0.25) is 0 Å². The number of esters is 1. The van der Waals surface area contributed by atoms with Crippen LogP contribution in [0.4, 0.5) is 0 Å². The van der Waals surface area contributed by atoms with Gasteiger partial charge in [0, 0.05) is 12.7 Å². The standard InChI is InChI=1S/C7H12O3/c1-3-10-6-4-5-7(8)9-2/h4-5H,3,6H2,1-2H3/b5-4+.